The molecule has 0 aliphatic heterocycles. The summed E-state index contributed by atoms with van der Waals surface area (Å²) in [6, 6.07) is 0. The molecule has 0 spiro atoms. The fourth-order valence-corrected chi connectivity index (χ4v) is 3.46. The molecule has 0 bridgehead atoms. The van der Waals surface area contributed by atoms with Crippen molar-refractivity contribution in [2.24, 2.45) is 0 Å². The molecule has 1 aliphatic carbocycles. The van der Waals surface area contributed by atoms with E-state index < -0.39 is 0 Å². The SMILES string of the molecule is Nc1sc2c(c1-c1nnc(N)n1N)CCCC2. The number of rotatable bonds is 1. The first-order chi connectivity index (χ1) is 8.18. The summed E-state index contributed by atoms with van der Waals surface area (Å²) in [7, 11) is 0. The average molecular weight is 250 g/mol. The Kier molecular flexibility index (Phi) is 2.22. The molecular weight excluding hydrogens is 236 g/mol. The van der Waals surface area contributed by atoms with Crippen LogP contribution in [0.4, 0.5) is 10.9 Å². The minimum absolute atomic E-state index is 0.204. The minimum atomic E-state index is 0.204. The van der Waals surface area contributed by atoms with Crippen molar-refractivity contribution in [1.82, 2.24) is 14.9 Å². The second-order valence-electron chi connectivity index (χ2n) is 4.20. The number of nitrogen functional groups attached to an aromatic ring is 3. The maximum absolute atomic E-state index is 6.07. The predicted octanol–water partition coefficient (Wildman–Crippen LogP) is 0.764. The molecule has 6 N–H and O–H groups in total. The van der Waals surface area contributed by atoms with Crippen LogP contribution in [0.1, 0.15) is 23.3 Å². The molecular formula is C10H14N6S. The highest BCUT2D eigenvalue weighted by Gasteiger charge is 2.24. The highest BCUT2D eigenvalue weighted by molar-refractivity contribution is 7.16. The van der Waals surface area contributed by atoms with Gasteiger partial charge < -0.3 is 17.3 Å². The topological polar surface area (TPSA) is 109 Å². The lowest BCUT2D eigenvalue weighted by Gasteiger charge is -2.12. The summed E-state index contributed by atoms with van der Waals surface area (Å²) in [6.07, 6.45) is 4.54. The van der Waals surface area contributed by atoms with E-state index in [9.17, 15) is 0 Å². The monoisotopic (exact) mass is 250 g/mol. The molecule has 2 heterocycles. The molecule has 7 heteroatoms. The number of hydrogen-bond donors (Lipinski definition) is 3. The van der Waals surface area contributed by atoms with Crippen LogP contribution in [0.15, 0.2) is 0 Å². The van der Waals surface area contributed by atoms with Crippen LogP contribution >= 0.6 is 11.3 Å². The zero-order valence-corrected chi connectivity index (χ0v) is 10.1. The summed E-state index contributed by atoms with van der Waals surface area (Å²) in [4.78, 5) is 1.35. The van der Waals surface area contributed by atoms with Gasteiger partial charge in [-0.15, -0.1) is 21.5 Å². The van der Waals surface area contributed by atoms with Crippen molar-refractivity contribution in [2.45, 2.75) is 25.7 Å². The van der Waals surface area contributed by atoms with Crippen LogP contribution in [0.5, 0.6) is 0 Å². The van der Waals surface area contributed by atoms with Crippen LogP contribution < -0.4 is 17.3 Å². The van der Waals surface area contributed by atoms with Crippen molar-refractivity contribution >= 4 is 22.3 Å². The molecule has 17 heavy (non-hydrogen) atoms. The summed E-state index contributed by atoms with van der Waals surface area (Å²) in [5.74, 6) is 6.58. The Hall–Kier alpha value is -1.76. The standard InChI is InChI=1S/C10H14N6S/c11-8-7(9-14-15-10(12)16(9)13)5-3-1-2-4-6(5)17-8/h1-4,11,13H2,(H2,12,15). The van der Waals surface area contributed by atoms with Gasteiger partial charge in [0.2, 0.25) is 5.95 Å². The van der Waals surface area contributed by atoms with Gasteiger partial charge in [0.25, 0.3) is 0 Å². The van der Waals surface area contributed by atoms with E-state index in [0.717, 1.165) is 23.4 Å². The van der Waals surface area contributed by atoms with Crippen molar-refractivity contribution in [3.63, 3.8) is 0 Å². The third kappa shape index (κ3) is 1.46. The van der Waals surface area contributed by atoms with Crippen molar-refractivity contribution in [3.8, 4) is 11.4 Å². The number of nitrogens with two attached hydrogens (primary N) is 3. The van der Waals surface area contributed by atoms with E-state index in [1.165, 1.54) is 28.0 Å². The summed E-state index contributed by atoms with van der Waals surface area (Å²) in [5, 5.41) is 8.55. The first-order valence-corrected chi connectivity index (χ1v) is 6.36. The maximum atomic E-state index is 6.07. The number of fused-ring (bicyclic) bond motifs is 1. The third-order valence-electron chi connectivity index (χ3n) is 3.14. The lowest BCUT2D eigenvalue weighted by Crippen LogP contribution is -2.14. The van der Waals surface area contributed by atoms with E-state index in [1.54, 1.807) is 11.3 Å². The molecule has 0 fully saturated rings. The Bertz CT molecular complexity index is 570. The van der Waals surface area contributed by atoms with Crippen molar-refractivity contribution < 1.29 is 0 Å². The largest absolute Gasteiger partial charge is 0.390 e. The summed E-state index contributed by atoms with van der Waals surface area (Å²) in [6.45, 7) is 0. The zero-order valence-electron chi connectivity index (χ0n) is 9.31. The molecule has 6 nitrogen and oxygen atoms in total. The smallest absolute Gasteiger partial charge is 0.241 e. The molecule has 90 valence electrons. The second-order valence-corrected chi connectivity index (χ2v) is 5.34. The van der Waals surface area contributed by atoms with Crippen molar-refractivity contribution in [2.75, 3.05) is 17.3 Å². The Morgan fingerprint density at radius 2 is 1.88 bits per heavy atom. The average Bonchev–Trinajstić information content (AvgIpc) is 2.80. The van der Waals surface area contributed by atoms with Gasteiger partial charge in [0, 0.05) is 4.88 Å². The molecule has 2 aromatic heterocycles. The second kappa shape index (κ2) is 3.63. The predicted molar refractivity (Wildman–Crippen MR) is 69.0 cm³/mol. The number of aromatic nitrogens is 3. The van der Waals surface area contributed by atoms with E-state index in [-0.39, 0.29) is 5.95 Å². The number of thiophene rings is 1. The van der Waals surface area contributed by atoms with E-state index >= 15 is 0 Å². The van der Waals surface area contributed by atoms with E-state index in [4.69, 9.17) is 17.3 Å². The minimum Gasteiger partial charge on any atom is -0.390 e. The van der Waals surface area contributed by atoms with Gasteiger partial charge in [0.05, 0.1) is 10.6 Å². The molecule has 0 unspecified atom stereocenters. The number of hydrogen-bond acceptors (Lipinski definition) is 6. The molecule has 0 aromatic carbocycles. The Balaban J connectivity index is 2.20. The summed E-state index contributed by atoms with van der Waals surface area (Å²) >= 11 is 1.63. The van der Waals surface area contributed by atoms with Crippen LogP contribution in [-0.4, -0.2) is 14.9 Å². The van der Waals surface area contributed by atoms with Crippen LogP contribution in [0, 0.1) is 0 Å². The lowest BCUT2D eigenvalue weighted by molar-refractivity contribution is 0.697. The molecule has 2 aromatic rings. The Morgan fingerprint density at radius 1 is 1.12 bits per heavy atom. The van der Waals surface area contributed by atoms with E-state index in [1.807, 2.05) is 0 Å². The van der Waals surface area contributed by atoms with Crippen LogP contribution in [0.25, 0.3) is 11.4 Å². The number of nitrogens with zero attached hydrogens (tertiary/aromatic N) is 3. The van der Waals surface area contributed by atoms with Crippen molar-refractivity contribution in [1.29, 1.82) is 0 Å². The van der Waals surface area contributed by atoms with Crippen molar-refractivity contribution in [3.05, 3.63) is 10.4 Å². The fraction of sp³-hybridized carbons (Fsp3) is 0.400. The lowest BCUT2D eigenvalue weighted by atomic mass is 9.95. The molecule has 0 radical (unpaired) electrons. The van der Waals surface area contributed by atoms with Gasteiger partial charge in [-0.3, -0.25) is 0 Å². The molecule has 0 atom stereocenters. The highest BCUT2D eigenvalue weighted by Crippen LogP contribution is 2.41. The van der Waals surface area contributed by atoms with E-state index in [2.05, 4.69) is 10.2 Å². The van der Waals surface area contributed by atoms with Crippen LogP contribution in [-0.2, 0) is 12.8 Å². The van der Waals surface area contributed by atoms with Gasteiger partial charge >= 0.3 is 0 Å². The number of anilines is 2. The molecule has 0 amide bonds. The first-order valence-electron chi connectivity index (χ1n) is 5.55. The quantitative estimate of drug-likeness (QED) is 0.647. The molecule has 0 saturated carbocycles. The fourth-order valence-electron chi connectivity index (χ4n) is 2.31. The van der Waals surface area contributed by atoms with Gasteiger partial charge in [0.1, 0.15) is 0 Å². The van der Waals surface area contributed by atoms with E-state index in [0.29, 0.717) is 5.82 Å². The van der Waals surface area contributed by atoms with Gasteiger partial charge in [-0.2, -0.15) is 0 Å². The summed E-state index contributed by atoms with van der Waals surface area (Å²) in [5.41, 5.74) is 13.9. The van der Waals surface area contributed by atoms with Crippen LogP contribution in [0.2, 0.25) is 0 Å². The van der Waals surface area contributed by atoms with Crippen LogP contribution in [0.3, 0.4) is 0 Å². The molecule has 3 rings (SSSR count). The Morgan fingerprint density at radius 3 is 2.59 bits per heavy atom. The summed E-state index contributed by atoms with van der Waals surface area (Å²) < 4.78 is 1.30. The first kappa shape index (κ1) is 10.4. The van der Waals surface area contributed by atoms with Gasteiger partial charge in [-0.05, 0) is 31.2 Å². The molecule has 1 aliphatic rings. The Labute approximate surface area is 102 Å². The number of aryl methyl sites for hydroxylation is 1. The third-order valence-corrected chi connectivity index (χ3v) is 4.27. The van der Waals surface area contributed by atoms with Gasteiger partial charge in [0.15, 0.2) is 5.82 Å². The molecule has 0 saturated heterocycles. The highest BCUT2D eigenvalue weighted by atomic mass is 32.1. The van der Waals surface area contributed by atoms with Gasteiger partial charge in [-0.1, -0.05) is 0 Å². The maximum Gasteiger partial charge on any atom is 0.241 e. The van der Waals surface area contributed by atoms with Gasteiger partial charge in [-0.25, -0.2) is 4.68 Å². The zero-order chi connectivity index (χ0) is 12.0. The normalized spacial score (nSPS) is 14.8.